The molecule has 0 radical (unpaired) electrons. The minimum absolute atomic E-state index is 0.0951. The number of anilines is 1. The molecule has 1 atom stereocenters. The molecule has 1 amide bonds. The Morgan fingerprint density at radius 3 is 2.23 bits per heavy atom. The number of piperazine rings is 1. The zero-order valence-corrected chi connectivity index (χ0v) is 23.2. The Morgan fingerprint density at radius 1 is 0.974 bits per heavy atom. The molecule has 9 nitrogen and oxygen atoms in total. The predicted octanol–water partition coefficient (Wildman–Crippen LogP) is 4.21. The number of amides is 1. The van der Waals surface area contributed by atoms with Gasteiger partial charge in [-0.15, -0.1) is 0 Å². The Bertz CT molecular complexity index is 1410. The minimum atomic E-state index is -3.78. The van der Waals surface area contributed by atoms with Crippen LogP contribution in [0.1, 0.15) is 28.9 Å². The average molecular weight is 572 g/mol. The van der Waals surface area contributed by atoms with Crippen molar-refractivity contribution in [2.45, 2.75) is 17.9 Å². The van der Waals surface area contributed by atoms with Crippen molar-refractivity contribution >= 4 is 39.2 Å². The van der Waals surface area contributed by atoms with E-state index in [1.165, 1.54) is 35.7 Å². The van der Waals surface area contributed by atoms with Crippen molar-refractivity contribution in [2.24, 2.45) is 0 Å². The van der Waals surface area contributed by atoms with E-state index in [0.717, 1.165) is 5.56 Å². The van der Waals surface area contributed by atoms with E-state index >= 15 is 0 Å². The molecule has 1 heterocycles. The number of rotatable bonds is 9. The third kappa shape index (κ3) is 6.59. The molecule has 1 fully saturated rings. The van der Waals surface area contributed by atoms with Crippen LogP contribution >= 0.6 is 11.6 Å². The van der Waals surface area contributed by atoms with Gasteiger partial charge in [0.15, 0.2) is 0 Å². The minimum Gasteiger partial charge on any atom is -0.495 e. The van der Waals surface area contributed by atoms with Crippen molar-refractivity contribution in [1.29, 1.82) is 0 Å². The summed E-state index contributed by atoms with van der Waals surface area (Å²) in [5.41, 5.74) is 1.61. The Morgan fingerprint density at radius 2 is 1.64 bits per heavy atom. The zero-order chi connectivity index (χ0) is 28.0. The van der Waals surface area contributed by atoms with E-state index < -0.39 is 22.0 Å². The maximum atomic E-state index is 13.5. The highest BCUT2D eigenvalue weighted by Crippen LogP contribution is 2.30. The summed E-state index contributed by atoms with van der Waals surface area (Å²) in [6, 6.07) is 19.4. The standard InChI is InChI=1S/C28H30ClN3O6S/c1-3-38-28(34)21-9-12-23(13-10-21)39(35,36)32-17-15-31(16-18-32)26(20-7-5-4-6-8-20)27(33)30-22-11-14-25(37-2)24(29)19-22/h4-14,19,26H,3,15-18H2,1-2H3,(H,30,33)/t26-/m0/s1. The lowest BCUT2D eigenvalue weighted by Gasteiger charge is -2.38. The molecule has 39 heavy (non-hydrogen) atoms. The molecule has 3 aromatic carbocycles. The first-order chi connectivity index (χ1) is 18.7. The molecular formula is C28H30ClN3O6S. The zero-order valence-electron chi connectivity index (χ0n) is 21.7. The molecule has 0 spiro atoms. The van der Waals surface area contributed by atoms with E-state index in [1.807, 2.05) is 35.2 Å². The van der Waals surface area contributed by atoms with E-state index in [9.17, 15) is 18.0 Å². The van der Waals surface area contributed by atoms with Crippen LogP contribution in [-0.4, -0.2) is 69.4 Å². The van der Waals surface area contributed by atoms with Crippen LogP contribution in [0, 0.1) is 0 Å². The number of sulfonamides is 1. The lowest BCUT2D eigenvalue weighted by Crippen LogP contribution is -2.51. The number of nitrogens with one attached hydrogen (secondary N) is 1. The predicted molar refractivity (Wildman–Crippen MR) is 149 cm³/mol. The van der Waals surface area contributed by atoms with Crippen molar-refractivity contribution in [1.82, 2.24) is 9.21 Å². The Kier molecular flexibility index (Phi) is 9.24. The largest absolute Gasteiger partial charge is 0.495 e. The van der Waals surface area contributed by atoms with Crippen LogP contribution in [0.5, 0.6) is 5.75 Å². The number of benzene rings is 3. The molecular weight excluding hydrogens is 542 g/mol. The van der Waals surface area contributed by atoms with Gasteiger partial charge in [-0.25, -0.2) is 13.2 Å². The number of carbonyl (C=O) groups is 2. The highest BCUT2D eigenvalue weighted by molar-refractivity contribution is 7.89. The van der Waals surface area contributed by atoms with Crippen LogP contribution in [0.25, 0.3) is 0 Å². The van der Waals surface area contributed by atoms with Crippen molar-refractivity contribution in [3.8, 4) is 5.75 Å². The Balaban J connectivity index is 1.48. The number of hydrogen-bond donors (Lipinski definition) is 1. The molecule has 206 valence electrons. The van der Waals surface area contributed by atoms with Gasteiger partial charge in [0.1, 0.15) is 11.8 Å². The number of methoxy groups -OCH3 is 1. The molecule has 0 unspecified atom stereocenters. The van der Waals surface area contributed by atoms with Crippen LogP contribution in [0.3, 0.4) is 0 Å². The van der Waals surface area contributed by atoms with Gasteiger partial charge in [-0.1, -0.05) is 41.9 Å². The summed E-state index contributed by atoms with van der Waals surface area (Å²) in [7, 11) is -2.27. The molecule has 4 rings (SSSR count). The van der Waals surface area contributed by atoms with Crippen LogP contribution in [0.15, 0.2) is 77.7 Å². The molecule has 0 aromatic heterocycles. The number of ether oxygens (including phenoxy) is 2. The van der Waals surface area contributed by atoms with Gasteiger partial charge in [0.05, 0.1) is 29.2 Å². The maximum Gasteiger partial charge on any atom is 0.338 e. The molecule has 11 heteroatoms. The Hall–Kier alpha value is -3.44. The molecule has 1 aliphatic heterocycles. The monoisotopic (exact) mass is 571 g/mol. The summed E-state index contributed by atoms with van der Waals surface area (Å²) in [5.74, 6) is -0.257. The van der Waals surface area contributed by atoms with E-state index in [0.29, 0.717) is 29.5 Å². The van der Waals surface area contributed by atoms with Gasteiger partial charge in [0.25, 0.3) is 0 Å². The molecule has 1 saturated heterocycles. The summed E-state index contributed by atoms with van der Waals surface area (Å²) < 4.78 is 38.1. The summed E-state index contributed by atoms with van der Waals surface area (Å²) in [5, 5.41) is 3.31. The van der Waals surface area contributed by atoms with Crippen molar-refractivity contribution < 1.29 is 27.5 Å². The second-order valence-corrected chi connectivity index (χ2v) is 11.2. The summed E-state index contributed by atoms with van der Waals surface area (Å²) in [6.45, 7) is 3.03. The number of halogens is 1. The van der Waals surface area contributed by atoms with Gasteiger partial charge in [-0.3, -0.25) is 9.69 Å². The topological polar surface area (TPSA) is 105 Å². The SMILES string of the molecule is CCOC(=O)c1ccc(S(=O)(=O)N2CCN([C@H](C(=O)Nc3ccc(OC)c(Cl)c3)c3ccccc3)CC2)cc1. The van der Waals surface area contributed by atoms with Crippen molar-refractivity contribution in [3.63, 3.8) is 0 Å². The molecule has 1 aliphatic rings. The van der Waals surface area contributed by atoms with Crippen LogP contribution in [0.2, 0.25) is 5.02 Å². The lowest BCUT2D eigenvalue weighted by atomic mass is 10.0. The van der Waals surface area contributed by atoms with E-state index in [4.69, 9.17) is 21.1 Å². The second-order valence-electron chi connectivity index (χ2n) is 8.84. The number of nitrogens with zero attached hydrogens (tertiary/aromatic N) is 2. The maximum absolute atomic E-state index is 13.5. The van der Waals surface area contributed by atoms with E-state index in [-0.39, 0.29) is 36.1 Å². The lowest BCUT2D eigenvalue weighted by molar-refractivity contribution is -0.122. The Labute approximate surface area is 233 Å². The number of carbonyl (C=O) groups excluding carboxylic acids is 2. The van der Waals surface area contributed by atoms with Crippen molar-refractivity contribution in [3.05, 3.63) is 88.9 Å². The van der Waals surface area contributed by atoms with Crippen LogP contribution in [-0.2, 0) is 19.6 Å². The summed E-state index contributed by atoms with van der Waals surface area (Å²) in [6.07, 6.45) is 0. The quantitative estimate of drug-likeness (QED) is 0.384. The van der Waals surface area contributed by atoms with Gasteiger partial charge in [0.2, 0.25) is 15.9 Å². The number of esters is 1. The van der Waals surface area contributed by atoms with Gasteiger partial charge in [-0.05, 0) is 55.0 Å². The van der Waals surface area contributed by atoms with E-state index in [2.05, 4.69) is 5.32 Å². The average Bonchev–Trinajstić information content (AvgIpc) is 2.94. The number of hydrogen-bond acceptors (Lipinski definition) is 7. The third-order valence-electron chi connectivity index (χ3n) is 6.42. The highest BCUT2D eigenvalue weighted by atomic mass is 35.5. The summed E-state index contributed by atoms with van der Waals surface area (Å²) >= 11 is 6.23. The fourth-order valence-electron chi connectivity index (χ4n) is 4.45. The molecule has 1 N–H and O–H groups in total. The van der Waals surface area contributed by atoms with Gasteiger partial charge < -0.3 is 14.8 Å². The first-order valence-corrected chi connectivity index (χ1v) is 14.3. The first-order valence-electron chi connectivity index (χ1n) is 12.5. The second kappa shape index (κ2) is 12.6. The van der Waals surface area contributed by atoms with Gasteiger partial charge in [0, 0.05) is 31.9 Å². The van der Waals surface area contributed by atoms with Crippen LogP contribution < -0.4 is 10.1 Å². The van der Waals surface area contributed by atoms with Gasteiger partial charge >= 0.3 is 5.97 Å². The fourth-order valence-corrected chi connectivity index (χ4v) is 6.13. The smallest absolute Gasteiger partial charge is 0.338 e. The fraction of sp³-hybridized carbons (Fsp3) is 0.286. The normalized spacial score (nSPS) is 15.4. The highest BCUT2D eigenvalue weighted by Gasteiger charge is 2.34. The first kappa shape index (κ1) is 28.6. The molecule has 3 aromatic rings. The van der Waals surface area contributed by atoms with Crippen molar-refractivity contribution in [2.75, 3.05) is 45.2 Å². The van der Waals surface area contributed by atoms with E-state index in [1.54, 1.807) is 25.1 Å². The van der Waals surface area contributed by atoms with Crippen LogP contribution in [0.4, 0.5) is 5.69 Å². The molecule has 0 aliphatic carbocycles. The summed E-state index contributed by atoms with van der Waals surface area (Å²) in [4.78, 5) is 27.5. The van der Waals surface area contributed by atoms with Gasteiger partial charge in [-0.2, -0.15) is 4.31 Å². The molecule has 0 bridgehead atoms. The molecule has 0 saturated carbocycles. The third-order valence-corrected chi connectivity index (χ3v) is 8.63.